The molecule has 1 unspecified atom stereocenters. The molecule has 0 spiro atoms. The van der Waals surface area contributed by atoms with Crippen molar-refractivity contribution in [3.05, 3.63) is 28.8 Å². The first kappa shape index (κ1) is 15.3. The summed E-state index contributed by atoms with van der Waals surface area (Å²) in [4.78, 5) is 0. The molecule has 0 bridgehead atoms. The van der Waals surface area contributed by atoms with Gasteiger partial charge in [-0.1, -0.05) is 24.6 Å². The van der Waals surface area contributed by atoms with Gasteiger partial charge < -0.3 is 14.8 Å². The second kappa shape index (κ2) is 7.62. The average molecular weight is 272 g/mol. The molecule has 0 fully saturated rings. The van der Waals surface area contributed by atoms with E-state index in [9.17, 15) is 0 Å². The van der Waals surface area contributed by atoms with Crippen molar-refractivity contribution in [1.29, 1.82) is 0 Å². The normalized spacial score (nSPS) is 12.8. The monoisotopic (exact) mass is 271 g/mol. The summed E-state index contributed by atoms with van der Waals surface area (Å²) in [5.74, 6) is 0.696. The number of likely N-dealkylation sites (N-methyl/N-ethyl adjacent to an activating group) is 1. The van der Waals surface area contributed by atoms with Crippen LogP contribution in [0.5, 0.6) is 5.75 Å². The highest BCUT2D eigenvalue weighted by molar-refractivity contribution is 6.32. The third kappa shape index (κ3) is 4.48. The summed E-state index contributed by atoms with van der Waals surface area (Å²) in [7, 11) is 1.62. The molecule has 1 atom stereocenters. The van der Waals surface area contributed by atoms with Gasteiger partial charge in [-0.3, -0.25) is 0 Å². The highest BCUT2D eigenvalue weighted by Gasteiger charge is 2.13. The summed E-state index contributed by atoms with van der Waals surface area (Å²) in [5, 5.41) is 4.03. The summed E-state index contributed by atoms with van der Waals surface area (Å²) < 4.78 is 10.9. The lowest BCUT2D eigenvalue weighted by Gasteiger charge is -2.20. The van der Waals surface area contributed by atoms with Crippen LogP contribution in [0.25, 0.3) is 0 Å². The molecule has 0 saturated heterocycles. The number of rotatable bonds is 7. The van der Waals surface area contributed by atoms with Crippen LogP contribution in [0.1, 0.15) is 32.4 Å². The first-order valence-electron chi connectivity index (χ1n) is 6.26. The molecule has 0 saturated carbocycles. The standard InChI is InChI=1S/C14H22ClNO2/c1-5-16-13(9-18-10(2)3)11-6-7-12(15)14(8-11)17-4/h6-8,10,13,16H,5,9H2,1-4H3. The Morgan fingerprint density at radius 1 is 1.33 bits per heavy atom. The van der Waals surface area contributed by atoms with Crippen molar-refractivity contribution >= 4 is 11.6 Å². The van der Waals surface area contributed by atoms with Crippen molar-refractivity contribution in [2.75, 3.05) is 20.3 Å². The second-order valence-electron chi connectivity index (χ2n) is 4.39. The molecule has 0 amide bonds. The molecule has 1 aromatic rings. The van der Waals surface area contributed by atoms with Gasteiger partial charge in [-0.05, 0) is 38.1 Å². The number of hydrogen-bond acceptors (Lipinski definition) is 3. The lowest BCUT2D eigenvalue weighted by atomic mass is 10.1. The molecular weight excluding hydrogens is 250 g/mol. The molecule has 0 radical (unpaired) electrons. The lowest BCUT2D eigenvalue weighted by Crippen LogP contribution is -2.26. The molecule has 0 aliphatic heterocycles. The third-order valence-corrected chi connectivity index (χ3v) is 2.94. The van der Waals surface area contributed by atoms with E-state index < -0.39 is 0 Å². The summed E-state index contributed by atoms with van der Waals surface area (Å²) in [6.07, 6.45) is 0.223. The number of hydrogen-bond donors (Lipinski definition) is 1. The van der Waals surface area contributed by atoms with E-state index in [0.29, 0.717) is 17.4 Å². The Labute approximate surface area is 114 Å². The fourth-order valence-corrected chi connectivity index (χ4v) is 1.90. The van der Waals surface area contributed by atoms with Gasteiger partial charge in [0.15, 0.2) is 0 Å². The van der Waals surface area contributed by atoms with Crippen LogP contribution < -0.4 is 10.1 Å². The SMILES string of the molecule is CCNC(COC(C)C)c1ccc(Cl)c(OC)c1. The predicted molar refractivity (Wildman–Crippen MR) is 75.5 cm³/mol. The van der Waals surface area contributed by atoms with E-state index in [1.54, 1.807) is 7.11 Å². The molecular formula is C14H22ClNO2. The van der Waals surface area contributed by atoms with Gasteiger partial charge in [0.2, 0.25) is 0 Å². The average Bonchev–Trinajstić information content (AvgIpc) is 2.35. The number of nitrogens with one attached hydrogen (secondary N) is 1. The quantitative estimate of drug-likeness (QED) is 0.824. The van der Waals surface area contributed by atoms with Crippen LogP contribution in [0.3, 0.4) is 0 Å². The third-order valence-electron chi connectivity index (χ3n) is 2.62. The van der Waals surface area contributed by atoms with Gasteiger partial charge in [0.25, 0.3) is 0 Å². The van der Waals surface area contributed by atoms with Crippen LogP contribution in [0.15, 0.2) is 18.2 Å². The molecule has 3 nitrogen and oxygen atoms in total. The van der Waals surface area contributed by atoms with Crippen molar-refractivity contribution in [2.24, 2.45) is 0 Å². The first-order valence-corrected chi connectivity index (χ1v) is 6.64. The smallest absolute Gasteiger partial charge is 0.137 e. The molecule has 0 aliphatic rings. The summed E-state index contributed by atoms with van der Waals surface area (Å²) in [5.41, 5.74) is 1.12. The lowest BCUT2D eigenvalue weighted by molar-refractivity contribution is 0.0614. The first-order chi connectivity index (χ1) is 8.58. The fraction of sp³-hybridized carbons (Fsp3) is 0.571. The zero-order chi connectivity index (χ0) is 13.5. The van der Waals surface area contributed by atoms with Crippen LogP contribution >= 0.6 is 11.6 Å². The molecule has 0 aromatic heterocycles. The largest absolute Gasteiger partial charge is 0.495 e. The van der Waals surface area contributed by atoms with Gasteiger partial charge in [0.05, 0.1) is 30.9 Å². The van der Waals surface area contributed by atoms with Gasteiger partial charge in [-0.15, -0.1) is 0 Å². The molecule has 4 heteroatoms. The van der Waals surface area contributed by atoms with E-state index >= 15 is 0 Å². The minimum Gasteiger partial charge on any atom is -0.495 e. The van der Waals surface area contributed by atoms with Crippen molar-refractivity contribution in [1.82, 2.24) is 5.32 Å². The zero-order valence-electron chi connectivity index (χ0n) is 11.5. The Morgan fingerprint density at radius 2 is 2.06 bits per heavy atom. The maximum absolute atomic E-state index is 6.03. The molecule has 1 rings (SSSR count). The number of halogens is 1. The minimum atomic E-state index is 0.156. The van der Waals surface area contributed by atoms with Crippen LogP contribution in [-0.4, -0.2) is 26.4 Å². The molecule has 0 aliphatic carbocycles. The Kier molecular flexibility index (Phi) is 6.47. The van der Waals surface area contributed by atoms with E-state index in [0.717, 1.165) is 12.1 Å². The van der Waals surface area contributed by atoms with Crippen molar-refractivity contribution in [3.63, 3.8) is 0 Å². The van der Waals surface area contributed by atoms with E-state index in [2.05, 4.69) is 12.2 Å². The van der Waals surface area contributed by atoms with E-state index in [1.165, 1.54) is 0 Å². The van der Waals surface area contributed by atoms with Crippen molar-refractivity contribution in [2.45, 2.75) is 32.9 Å². The zero-order valence-corrected chi connectivity index (χ0v) is 12.3. The van der Waals surface area contributed by atoms with Gasteiger partial charge in [0.1, 0.15) is 5.75 Å². The number of benzene rings is 1. The molecule has 18 heavy (non-hydrogen) atoms. The van der Waals surface area contributed by atoms with Crippen LogP contribution in [0.2, 0.25) is 5.02 Å². The minimum absolute atomic E-state index is 0.156. The second-order valence-corrected chi connectivity index (χ2v) is 4.79. The Morgan fingerprint density at radius 3 is 2.61 bits per heavy atom. The van der Waals surface area contributed by atoms with Crippen LogP contribution in [0.4, 0.5) is 0 Å². The van der Waals surface area contributed by atoms with Crippen molar-refractivity contribution in [3.8, 4) is 5.75 Å². The fourth-order valence-electron chi connectivity index (χ4n) is 1.70. The topological polar surface area (TPSA) is 30.5 Å². The van der Waals surface area contributed by atoms with Gasteiger partial charge >= 0.3 is 0 Å². The Bertz CT molecular complexity index is 369. The maximum Gasteiger partial charge on any atom is 0.137 e. The molecule has 102 valence electrons. The number of methoxy groups -OCH3 is 1. The van der Waals surface area contributed by atoms with Crippen molar-refractivity contribution < 1.29 is 9.47 Å². The van der Waals surface area contributed by atoms with Gasteiger partial charge in [0, 0.05) is 0 Å². The Balaban J connectivity index is 2.83. The number of ether oxygens (including phenoxy) is 2. The van der Waals surface area contributed by atoms with Crippen LogP contribution in [-0.2, 0) is 4.74 Å². The predicted octanol–water partition coefficient (Wildman–Crippen LogP) is 3.42. The molecule has 1 N–H and O–H groups in total. The summed E-state index contributed by atoms with van der Waals surface area (Å²) in [6, 6.07) is 5.97. The highest BCUT2D eigenvalue weighted by Crippen LogP contribution is 2.28. The summed E-state index contributed by atoms with van der Waals surface area (Å²) >= 11 is 6.03. The van der Waals surface area contributed by atoms with Gasteiger partial charge in [-0.25, -0.2) is 0 Å². The summed E-state index contributed by atoms with van der Waals surface area (Å²) in [6.45, 7) is 7.67. The highest BCUT2D eigenvalue weighted by atomic mass is 35.5. The van der Waals surface area contributed by atoms with E-state index in [1.807, 2.05) is 32.0 Å². The van der Waals surface area contributed by atoms with E-state index in [-0.39, 0.29) is 12.1 Å². The van der Waals surface area contributed by atoms with Gasteiger partial charge in [-0.2, -0.15) is 0 Å². The maximum atomic E-state index is 6.03. The van der Waals surface area contributed by atoms with E-state index in [4.69, 9.17) is 21.1 Å². The molecule has 1 aromatic carbocycles. The van der Waals surface area contributed by atoms with Crippen LogP contribution in [0, 0.1) is 0 Å². The molecule has 0 heterocycles. The Hall–Kier alpha value is -0.770.